The Balaban J connectivity index is 2.35. The van der Waals surface area contributed by atoms with Gasteiger partial charge < -0.3 is 4.57 Å². The molecule has 0 spiro atoms. The average Bonchev–Trinajstić information content (AvgIpc) is 2.85. The number of benzene rings is 1. The number of nitrogens with one attached hydrogen (secondary N) is 1. The number of aryl methyl sites for hydroxylation is 1. The van der Waals surface area contributed by atoms with Crippen molar-refractivity contribution in [2.45, 2.75) is 6.92 Å². The Kier molecular flexibility index (Phi) is 4.21. The van der Waals surface area contributed by atoms with Crippen molar-refractivity contribution in [1.82, 2.24) is 14.9 Å². The number of amidine groups is 1. The van der Waals surface area contributed by atoms with Gasteiger partial charge in [0.25, 0.3) is 0 Å². The van der Waals surface area contributed by atoms with Crippen LogP contribution in [0.5, 0.6) is 0 Å². The Morgan fingerprint density at radius 3 is 3.00 bits per heavy atom. The SMILES string of the molecule is CSC(=Nc1cccc(-n2ccnc2C)c1)NC#N. The van der Waals surface area contributed by atoms with Crippen molar-refractivity contribution in [1.29, 1.82) is 5.26 Å². The fourth-order valence-electron chi connectivity index (χ4n) is 1.65. The van der Waals surface area contributed by atoms with E-state index in [4.69, 9.17) is 5.26 Å². The maximum absolute atomic E-state index is 8.62. The van der Waals surface area contributed by atoms with E-state index in [2.05, 4.69) is 15.3 Å². The van der Waals surface area contributed by atoms with Crippen LogP contribution in [0.15, 0.2) is 41.7 Å². The van der Waals surface area contributed by atoms with E-state index in [1.165, 1.54) is 11.8 Å². The first-order chi connectivity index (χ1) is 9.24. The van der Waals surface area contributed by atoms with Crippen LogP contribution in [-0.2, 0) is 0 Å². The first-order valence-corrected chi connectivity index (χ1v) is 6.85. The zero-order valence-corrected chi connectivity index (χ0v) is 11.5. The highest BCUT2D eigenvalue weighted by Crippen LogP contribution is 2.19. The number of imidazole rings is 1. The lowest BCUT2D eigenvalue weighted by atomic mass is 10.3. The van der Waals surface area contributed by atoms with Gasteiger partial charge in [0.2, 0.25) is 0 Å². The standard InChI is InChI=1S/C13H13N5S/c1-10-15-6-7-18(10)12-5-3-4-11(8-12)17-13(19-2)16-9-14/h3-8H,1-2H3,(H,16,17). The van der Waals surface area contributed by atoms with Crippen molar-refractivity contribution in [3.05, 3.63) is 42.5 Å². The van der Waals surface area contributed by atoms with Gasteiger partial charge in [0, 0.05) is 18.1 Å². The summed E-state index contributed by atoms with van der Waals surface area (Å²) in [5.74, 6) is 0.918. The summed E-state index contributed by atoms with van der Waals surface area (Å²) in [6, 6.07) is 7.76. The van der Waals surface area contributed by atoms with Crippen LogP contribution in [0.25, 0.3) is 5.69 Å². The van der Waals surface area contributed by atoms with Gasteiger partial charge in [0.1, 0.15) is 5.82 Å². The van der Waals surface area contributed by atoms with Crippen molar-refractivity contribution >= 4 is 22.6 Å². The van der Waals surface area contributed by atoms with Gasteiger partial charge in [-0.25, -0.2) is 9.98 Å². The zero-order valence-electron chi connectivity index (χ0n) is 10.7. The second-order valence-corrected chi connectivity index (χ2v) is 4.52. The van der Waals surface area contributed by atoms with E-state index >= 15 is 0 Å². The molecule has 96 valence electrons. The predicted molar refractivity (Wildman–Crippen MR) is 77.7 cm³/mol. The van der Waals surface area contributed by atoms with Gasteiger partial charge in [-0.3, -0.25) is 5.32 Å². The van der Waals surface area contributed by atoms with E-state index in [1.807, 2.05) is 54.4 Å². The zero-order chi connectivity index (χ0) is 13.7. The third-order valence-electron chi connectivity index (χ3n) is 2.52. The molecule has 5 nitrogen and oxygen atoms in total. The molecule has 0 atom stereocenters. The summed E-state index contributed by atoms with van der Waals surface area (Å²) in [6.07, 6.45) is 7.41. The Morgan fingerprint density at radius 2 is 2.37 bits per heavy atom. The third-order valence-corrected chi connectivity index (χ3v) is 3.10. The number of nitriles is 1. The number of aromatic nitrogens is 2. The molecule has 6 heteroatoms. The summed E-state index contributed by atoms with van der Waals surface area (Å²) in [5.41, 5.74) is 1.78. The predicted octanol–water partition coefficient (Wildman–Crippen LogP) is 2.60. The lowest BCUT2D eigenvalue weighted by molar-refractivity contribution is 0.975. The lowest BCUT2D eigenvalue weighted by Crippen LogP contribution is -2.12. The summed E-state index contributed by atoms with van der Waals surface area (Å²) in [5, 5.41) is 11.7. The summed E-state index contributed by atoms with van der Waals surface area (Å²) in [4.78, 5) is 8.58. The minimum Gasteiger partial charge on any atom is -0.304 e. The molecule has 2 aromatic rings. The molecular weight excluding hydrogens is 258 g/mol. The highest BCUT2D eigenvalue weighted by atomic mass is 32.2. The van der Waals surface area contributed by atoms with Gasteiger partial charge in [-0.1, -0.05) is 17.8 Å². The van der Waals surface area contributed by atoms with E-state index in [-0.39, 0.29) is 0 Å². The minimum absolute atomic E-state index is 0.571. The molecule has 1 heterocycles. The number of thioether (sulfide) groups is 1. The number of rotatable bonds is 2. The van der Waals surface area contributed by atoms with Gasteiger partial charge in [-0.05, 0) is 31.4 Å². The van der Waals surface area contributed by atoms with Crippen molar-refractivity contribution < 1.29 is 0 Å². The molecule has 0 unspecified atom stereocenters. The molecule has 0 saturated heterocycles. The van der Waals surface area contributed by atoms with E-state index in [0.717, 1.165) is 17.2 Å². The van der Waals surface area contributed by atoms with Crippen molar-refractivity contribution in [2.75, 3.05) is 6.26 Å². The van der Waals surface area contributed by atoms with Gasteiger partial charge in [-0.2, -0.15) is 5.26 Å². The Hall–Kier alpha value is -2.26. The lowest BCUT2D eigenvalue weighted by Gasteiger charge is -2.06. The monoisotopic (exact) mass is 271 g/mol. The molecule has 0 aliphatic heterocycles. The molecule has 0 bridgehead atoms. The Morgan fingerprint density at radius 1 is 1.53 bits per heavy atom. The molecule has 19 heavy (non-hydrogen) atoms. The summed E-state index contributed by atoms with van der Waals surface area (Å²) in [7, 11) is 0. The molecule has 0 aliphatic rings. The van der Waals surface area contributed by atoms with Gasteiger partial charge in [-0.15, -0.1) is 0 Å². The second-order valence-electron chi connectivity index (χ2n) is 3.72. The molecule has 0 saturated carbocycles. The molecular formula is C13H13N5S. The molecule has 1 aromatic carbocycles. The fraction of sp³-hybridized carbons (Fsp3) is 0.154. The molecule has 2 rings (SSSR count). The smallest absolute Gasteiger partial charge is 0.183 e. The quantitative estimate of drug-likeness (QED) is 0.394. The van der Waals surface area contributed by atoms with E-state index in [1.54, 1.807) is 6.20 Å². The van der Waals surface area contributed by atoms with Gasteiger partial charge in [0.05, 0.1) is 5.69 Å². The van der Waals surface area contributed by atoms with Gasteiger partial charge in [0.15, 0.2) is 11.4 Å². The first kappa shape index (κ1) is 13.2. The number of hydrogen-bond acceptors (Lipinski definition) is 4. The van der Waals surface area contributed by atoms with E-state index < -0.39 is 0 Å². The third kappa shape index (κ3) is 3.14. The Labute approximate surface area is 116 Å². The highest BCUT2D eigenvalue weighted by Gasteiger charge is 2.02. The van der Waals surface area contributed by atoms with Crippen molar-refractivity contribution in [3.8, 4) is 11.9 Å². The van der Waals surface area contributed by atoms with Crippen LogP contribution in [0.2, 0.25) is 0 Å². The molecule has 1 aromatic heterocycles. The normalized spacial score (nSPS) is 11.1. The fourth-order valence-corrected chi connectivity index (χ4v) is 2.00. The van der Waals surface area contributed by atoms with Crippen LogP contribution in [0, 0.1) is 18.4 Å². The van der Waals surface area contributed by atoms with E-state index in [9.17, 15) is 0 Å². The maximum atomic E-state index is 8.62. The summed E-state index contributed by atoms with van der Waals surface area (Å²) < 4.78 is 1.98. The van der Waals surface area contributed by atoms with Crippen molar-refractivity contribution in [2.24, 2.45) is 4.99 Å². The average molecular weight is 271 g/mol. The largest absolute Gasteiger partial charge is 0.304 e. The van der Waals surface area contributed by atoms with Crippen molar-refractivity contribution in [3.63, 3.8) is 0 Å². The van der Waals surface area contributed by atoms with Crippen LogP contribution in [-0.4, -0.2) is 21.0 Å². The number of aliphatic imine (C=N–C) groups is 1. The van der Waals surface area contributed by atoms with Crippen LogP contribution in [0.3, 0.4) is 0 Å². The minimum atomic E-state index is 0.571. The van der Waals surface area contributed by atoms with Crippen LogP contribution >= 0.6 is 11.8 Å². The van der Waals surface area contributed by atoms with E-state index in [0.29, 0.717) is 5.17 Å². The molecule has 0 fully saturated rings. The maximum Gasteiger partial charge on any atom is 0.183 e. The summed E-state index contributed by atoms with van der Waals surface area (Å²) >= 11 is 1.39. The Bertz CT molecular complexity index is 638. The molecule has 0 amide bonds. The highest BCUT2D eigenvalue weighted by molar-refractivity contribution is 8.13. The van der Waals surface area contributed by atoms with Crippen LogP contribution in [0.1, 0.15) is 5.82 Å². The van der Waals surface area contributed by atoms with Crippen LogP contribution in [0.4, 0.5) is 5.69 Å². The molecule has 1 N–H and O–H groups in total. The summed E-state index contributed by atoms with van der Waals surface area (Å²) in [6.45, 7) is 1.94. The topological polar surface area (TPSA) is 66.0 Å². The first-order valence-electron chi connectivity index (χ1n) is 5.63. The number of nitrogens with zero attached hydrogens (tertiary/aromatic N) is 4. The van der Waals surface area contributed by atoms with Crippen LogP contribution < -0.4 is 5.32 Å². The van der Waals surface area contributed by atoms with Gasteiger partial charge >= 0.3 is 0 Å². The number of hydrogen-bond donors (Lipinski definition) is 1. The second kappa shape index (κ2) is 6.07. The molecule has 0 radical (unpaired) electrons. The molecule has 0 aliphatic carbocycles.